The van der Waals surface area contributed by atoms with Crippen molar-refractivity contribution in [3.05, 3.63) is 77.2 Å². The number of thioether (sulfide) groups is 1. The summed E-state index contributed by atoms with van der Waals surface area (Å²) in [5.41, 5.74) is 3.18. The van der Waals surface area contributed by atoms with E-state index in [-0.39, 0.29) is 17.8 Å². The van der Waals surface area contributed by atoms with Gasteiger partial charge in [0.2, 0.25) is 0 Å². The number of nitrogens with zero attached hydrogens (tertiary/aromatic N) is 4. The molecule has 8 nitrogen and oxygen atoms in total. The lowest BCUT2D eigenvalue weighted by Crippen LogP contribution is -2.47. The average molecular weight is 552 g/mol. The van der Waals surface area contributed by atoms with Crippen LogP contribution in [0.4, 0.5) is 15.9 Å². The summed E-state index contributed by atoms with van der Waals surface area (Å²) in [5, 5.41) is 3.64. The minimum atomic E-state index is -0.193. The largest absolute Gasteiger partial charge is 0.378 e. The second-order valence-corrected chi connectivity index (χ2v) is 10.6. The number of methoxy groups -OCH3 is 1. The van der Waals surface area contributed by atoms with E-state index in [0.717, 1.165) is 49.6 Å². The highest BCUT2D eigenvalue weighted by atomic mass is 32.2. The maximum Gasteiger partial charge on any atom is 0.251 e. The normalized spacial score (nSPS) is 17.4. The molecule has 5 rings (SSSR count). The van der Waals surface area contributed by atoms with Crippen LogP contribution in [0.15, 0.2) is 59.8 Å². The summed E-state index contributed by atoms with van der Waals surface area (Å²) in [5.74, 6) is 1.25. The summed E-state index contributed by atoms with van der Waals surface area (Å²) in [6, 6.07) is 16.5. The smallest absolute Gasteiger partial charge is 0.251 e. The summed E-state index contributed by atoms with van der Waals surface area (Å²) in [4.78, 5) is 26.3. The molecule has 3 heterocycles. The summed E-state index contributed by atoms with van der Waals surface area (Å²) in [7, 11) is 1.65. The van der Waals surface area contributed by atoms with Gasteiger partial charge in [-0.05, 0) is 42.7 Å². The first kappa shape index (κ1) is 27.4. The maximum absolute atomic E-state index is 14.2. The molecule has 39 heavy (non-hydrogen) atoms. The highest BCUT2D eigenvalue weighted by Gasteiger charge is 2.22. The van der Waals surface area contributed by atoms with Crippen LogP contribution in [0.1, 0.15) is 34.5 Å². The molecule has 2 fully saturated rings. The number of halogens is 1. The lowest BCUT2D eigenvalue weighted by Gasteiger charge is -2.37. The van der Waals surface area contributed by atoms with Gasteiger partial charge >= 0.3 is 0 Å². The molecule has 0 bridgehead atoms. The molecule has 2 aliphatic rings. The number of anilines is 2. The van der Waals surface area contributed by atoms with Gasteiger partial charge in [-0.2, -0.15) is 0 Å². The standard InChI is InChI=1S/C29H34FN5O3S/c1-37-19-23-17-27(35-14-12-34(13-15-35)26-7-3-2-6-25(26)30)33-29(32-23)39-20-21-8-10-22(11-9-21)28(36)31-18-24-5-4-16-38-24/h2-3,6-11,17,24H,4-5,12-16,18-20H2,1H3,(H,31,36)/t24-/m1/s1. The predicted octanol–water partition coefficient (Wildman–Crippen LogP) is 4.29. The number of nitrogens with one attached hydrogen (secondary N) is 1. The van der Waals surface area contributed by atoms with Gasteiger partial charge < -0.3 is 24.6 Å². The Kier molecular flexibility index (Phi) is 9.28. The van der Waals surface area contributed by atoms with E-state index in [0.29, 0.717) is 48.4 Å². The molecule has 2 saturated heterocycles. The number of ether oxygens (including phenoxy) is 2. The number of benzene rings is 2. The zero-order valence-electron chi connectivity index (χ0n) is 22.1. The van der Waals surface area contributed by atoms with Crippen molar-refractivity contribution in [3.63, 3.8) is 0 Å². The Balaban J connectivity index is 1.18. The molecule has 0 spiro atoms. The van der Waals surface area contributed by atoms with E-state index < -0.39 is 0 Å². The second kappa shape index (κ2) is 13.2. The number of piperazine rings is 1. The van der Waals surface area contributed by atoms with Crippen LogP contribution in [-0.4, -0.2) is 68.4 Å². The quantitative estimate of drug-likeness (QED) is 0.295. The van der Waals surface area contributed by atoms with E-state index in [1.807, 2.05) is 42.5 Å². The second-order valence-electron chi connectivity index (χ2n) is 9.69. The number of hydrogen-bond donors (Lipinski definition) is 1. The van der Waals surface area contributed by atoms with Crippen molar-refractivity contribution in [2.24, 2.45) is 0 Å². The Morgan fingerprint density at radius 3 is 2.59 bits per heavy atom. The van der Waals surface area contributed by atoms with Gasteiger partial charge in [-0.15, -0.1) is 0 Å². The number of rotatable bonds is 10. The molecule has 0 unspecified atom stereocenters. The fourth-order valence-corrected chi connectivity index (χ4v) is 5.63. The molecule has 10 heteroatoms. The van der Waals surface area contributed by atoms with E-state index in [4.69, 9.17) is 14.5 Å². The summed E-state index contributed by atoms with van der Waals surface area (Å²) in [6.07, 6.45) is 2.17. The van der Waals surface area contributed by atoms with Crippen molar-refractivity contribution in [1.29, 1.82) is 0 Å². The topological polar surface area (TPSA) is 79.8 Å². The van der Waals surface area contributed by atoms with Crippen LogP contribution in [0, 0.1) is 5.82 Å². The van der Waals surface area contributed by atoms with E-state index in [9.17, 15) is 9.18 Å². The van der Waals surface area contributed by atoms with Gasteiger partial charge in [-0.1, -0.05) is 36.0 Å². The minimum Gasteiger partial charge on any atom is -0.378 e. The number of carbonyl (C=O) groups excluding carboxylic acids is 1. The average Bonchev–Trinajstić information content (AvgIpc) is 3.49. The third-order valence-corrected chi connectivity index (χ3v) is 7.85. The Morgan fingerprint density at radius 1 is 1.10 bits per heavy atom. The maximum atomic E-state index is 14.2. The Labute approximate surface area is 232 Å². The lowest BCUT2D eigenvalue weighted by atomic mass is 10.1. The first-order chi connectivity index (χ1) is 19.1. The molecular formula is C29H34FN5O3S. The van der Waals surface area contributed by atoms with Crippen molar-refractivity contribution in [3.8, 4) is 0 Å². The van der Waals surface area contributed by atoms with Gasteiger partial charge in [-0.25, -0.2) is 14.4 Å². The molecule has 1 atom stereocenters. The van der Waals surface area contributed by atoms with Crippen molar-refractivity contribution in [2.75, 3.05) is 56.2 Å². The number of carbonyl (C=O) groups is 1. The third-order valence-electron chi connectivity index (χ3n) is 6.93. The van der Waals surface area contributed by atoms with E-state index in [1.165, 1.54) is 6.07 Å². The van der Waals surface area contributed by atoms with Crippen LogP contribution < -0.4 is 15.1 Å². The van der Waals surface area contributed by atoms with Crippen LogP contribution in [0.5, 0.6) is 0 Å². The zero-order chi connectivity index (χ0) is 27.0. The molecule has 0 radical (unpaired) electrons. The number of aromatic nitrogens is 2. The highest BCUT2D eigenvalue weighted by Crippen LogP contribution is 2.26. The van der Waals surface area contributed by atoms with Crippen LogP contribution in [0.3, 0.4) is 0 Å². The molecule has 2 aliphatic heterocycles. The Bertz CT molecular complexity index is 1250. The zero-order valence-corrected chi connectivity index (χ0v) is 23.0. The van der Waals surface area contributed by atoms with Crippen LogP contribution >= 0.6 is 11.8 Å². The molecule has 206 valence electrons. The Hall–Kier alpha value is -3.21. The SMILES string of the molecule is COCc1cc(N2CCN(c3ccccc3F)CC2)nc(SCc2ccc(C(=O)NC[C@H]3CCCO3)cc2)n1. The molecule has 0 aliphatic carbocycles. The number of amides is 1. The van der Waals surface area contributed by atoms with Gasteiger partial charge in [0.15, 0.2) is 5.16 Å². The van der Waals surface area contributed by atoms with Crippen molar-refractivity contribution in [2.45, 2.75) is 36.5 Å². The Morgan fingerprint density at radius 2 is 1.87 bits per heavy atom. The molecule has 1 N–H and O–H groups in total. The fourth-order valence-electron chi connectivity index (χ4n) is 4.81. The molecule has 1 amide bonds. The van der Waals surface area contributed by atoms with Gasteiger partial charge in [0.25, 0.3) is 5.91 Å². The van der Waals surface area contributed by atoms with Crippen LogP contribution in [-0.2, 0) is 21.8 Å². The summed E-state index contributed by atoms with van der Waals surface area (Å²) >= 11 is 1.55. The van der Waals surface area contributed by atoms with Gasteiger partial charge in [-0.3, -0.25) is 4.79 Å². The van der Waals surface area contributed by atoms with Crippen LogP contribution in [0.25, 0.3) is 0 Å². The fraction of sp³-hybridized carbons (Fsp3) is 0.414. The first-order valence-electron chi connectivity index (χ1n) is 13.3. The van der Waals surface area contributed by atoms with Gasteiger partial charge in [0.05, 0.1) is 24.1 Å². The van der Waals surface area contributed by atoms with Crippen molar-refractivity contribution < 1.29 is 18.7 Å². The third kappa shape index (κ3) is 7.26. The van der Waals surface area contributed by atoms with Crippen molar-refractivity contribution >= 4 is 29.2 Å². The van der Waals surface area contributed by atoms with E-state index >= 15 is 0 Å². The number of hydrogen-bond acceptors (Lipinski definition) is 8. The van der Waals surface area contributed by atoms with E-state index in [2.05, 4.69) is 20.1 Å². The lowest BCUT2D eigenvalue weighted by molar-refractivity contribution is 0.0858. The molecular weight excluding hydrogens is 517 g/mol. The van der Waals surface area contributed by atoms with Crippen LogP contribution in [0.2, 0.25) is 0 Å². The minimum absolute atomic E-state index is 0.0833. The molecule has 0 saturated carbocycles. The van der Waals surface area contributed by atoms with Crippen molar-refractivity contribution in [1.82, 2.24) is 15.3 Å². The number of para-hydroxylation sites is 1. The first-order valence-corrected chi connectivity index (χ1v) is 14.3. The molecule has 3 aromatic rings. The van der Waals surface area contributed by atoms with Gasteiger partial charge in [0.1, 0.15) is 11.6 Å². The monoisotopic (exact) mass is 551 g/mol. The molecule has 1 aromatic heterocycles. The summed E-state index contributed by atoms with van der Waals surface area (Å²) in [6.45, 7) is 4.61. The van der Waals surface area contributed by atoms with E-state index in [1.54, 1.807) is 24.9 Å². The molecule has 2 aromatic carbocycles. The van der Waals surface area contributed by atoms with Gasteiger partial charge in [0, 0.05) is 63.8 Å². The predicted molar refractivity (Wildman–Crippen MR) is 151 cm³/mol. The highest BCUT2D eigenvalue weighted by molar-refractivity contribution is 7.98. The summed E-state index contributed by atoms with van der Waals surface area (Å²) < 4.78 is 25.2.